The van der Waals surface area contributed by atoms with Gasteiger partial charge in [-0.15, -0.1) is 0 Å². The van der Waals surface area contributed by atoms with E-state index in [-0.39, 0.29) is 64.9 Å². The molecule has 0 aromatic heterocycles. The van der Waals surface area contributed by atoms with Gasteiger partial charge < -0.3 is 14.2 Å². The van der Waals surface area contributed by atoms with Gasteiger partial charge >= 0.3 is 59.1 Å². The van der Waals surface area contributed by atoms with Crippen LogP contribution in [0.5, 0.6) is 0 Å². The van der Waals surface area contributed by atoms with E-state index in [4.69, 9.17) is 5.11 Å². The van der Waals surface area contributed by atoms with Crippen molar-refractivity contribution >= 4 is 20.2 Å². The minimum absolute atomic E-state index is 0. The summed E-state index contributed by atoms with van der Waals surface area (Å²) < 4.78 is 61.9. The van der Waals surface area contributed by atoms with Gasteiger partial charge in [0.2, 0.25) is 0 Å². The van der Waals surface area contributed by atoms with Crippen molar-refractivity contribution in [2.24, 2.45) is 0 Å². The molecule has 0 amide bonds. The zero-order valence-corrected chi connectivity index (χ0v) is 31.2. The Morgan fingerprint density at radius 1 is 0.538 bits per heavy atom. The van der Waals surface area contributed by atoms with E-state index in [1.165, 1.54) is 96.0 Å². The predicted octanol–water partition coefficient (Wildman–Crippen LogP) is 1.57. The summed E-state index contributed by atoms with van der Waals surface area (Å²) in [6.45, 7) is 2.54. The summed E-state index contributed by atoms with van der Waals surface area (Å²) in [5, 5.41) is 9.39. The molecule has 0 saturated heterocycles. The molecule has 0 fully saturated rings. The zero-order valence-electron chi connectivity index (χ0n) is 25.5. The third kappa shape index (κ3) is 52.6. The van der Waals surface area contributed by atoms with Crippen LogP contribution in [-0.4, -0.2) is 43.4 Å². The van der Waals surface area contributed by atoms with Crippen LogP contribution in [-0.2, 0) is 20.2 Å². The van der Waals surface area contributed by atoms with E-state index in [0.29, 0.717) is 19.4 Å². The van der Waals surface area contributed by atoms with Gasteiger partial charge in [-0.3, -0.25) is 0 Å². The molecule has 0 aliphatic carbocycles. The van der Waals surface area contributed by atoms with E-state index in [2.05, 4.69) is 6.92 Å². The topological polar surface area (TPSA) is 135 Å². The van der Waals surface area contributed by atoms with Crippen LogP contribution < -0.4 is 59.1 Å². The predicted molar refractivity (Wildman–Crippen MR) is 152 cm³/mol. The van der Waals surface area contributed by atoms with Crippen LogP contribution >= 0.6 is 0 Å². The number of aliphatic hydroxyl groups is 1. The molecule has 0 unspecified atom stereocenters. The molecule has 224 valence electrons. The summed E-state index contributed by atoms with van der Waals surface area (Å²) in [5.74, 6) is -0.208. The van der Waals surface area contributed by atoms with Gasteiger partial charge in [0.25, 0.3) is 0 Å². The molecule has 0 saturated carbocycles. The van der Waals surface area contributed by atoms with Crippen molar-refractivity contribution in [2.75, 3.05) is 12.4 Å². The molecule has 0 bridgehead atoms. The second kappa shape index (κ2) is 35.7. The Balaban J connectivity index is -0.000000299. The van der Waals surface area contributed by atoms with Crippen molar-refractivity contribution in [2.45, 2.75) is 155 Å². The summed E-state index contributed by atoms with van der Waals surface area (Å²) in [4.78, 5) is 0. The van der Waals surface area contributed by atoms with Crippen LogP contribution in [0.25, 0.3) is 0 Å². The van der Waals surface area contributed by atoms with Crippen molar-refractivity contribution < 1.29 is 90.2 Å². The summed E-state index contributed by atoms with van der Waals surface area (Å²) in [7, 11) is -8.17. The van der Waals surface area contributed by atoms with E-state index >= 15 is 0 Å². The molecule has 7 nitrogen and oxygen atoms in total. The zero-order chi connectivity index (χ0) is 28.1. The second-order valence-corrected chi connectivity index (χ2v) is 12.8. The molecular weight excluding hydrogens is 558 g/mol. The number of hydrogen-bond donors (Lipinski definition) is 1. The molecular formula is C28H56Na2O7S2. The summed E-state index contributed by atoms with van der Waals surface area (Å²) >= 11 is 0. The molecule has 0 aliphatic rings. The Kier molecular flexibility index (Phi) is 43.5. The smallest absolute Gasteiger partial charge is 0.748 e. The van der Waals surface area contributed by atoms with Crippen molar-refractivity contribution in [3.63, 3.8) is 0 Å². The first-order chi connectivity index (χ1) is 17.6. The Labute approximate surface area is 286 Å². The molecule has 0 aromatic carbocycles. The van der Waals surface area contributed by atoms with Crippen molar-refractivity contribution in [3.05, 3.63) is 11.5 Å². The molecule has 0 rings (SSSR count). The van der Waals surface area contributed by atoms with E-state index in [9.17, 15) is 25.9 Å². The third-order valence-electron chi connectivity index (χ3n) is 6.29. The molecule has 39 heavy (non-hydrogen) atoms. The first-order valence-corrected chi connectivity index (χ1v) is 17.8. The first kappa shape index (κ1) is 47.5. The molecule has 0 heterocycles. The fourth-order valence-electron chi connectivity index (χ4n) is 4.09. The summed E-state index contributed by atoms with van der Waals surface area (Å²) in [6.07, 6.45) is 27.9. The number of aliphatic hydroxyl groups excluding tert-OH is 1. The van der Waals surface area contributed by atoms with E-state index < -0.39 is 20.2 Å². The monoisotopic (exact) mass is 614 g/mol. The molecule has 1 N–H and O–H groups in total. The maximum absolute atomic E-state index is 10.4. The number of rotatable bonds is 26. The Hall–Kier alpha value is 1.52. The van der Waals surface area contributed by atoms with Gasteiger partial charge in [-0.2, -0.15) is 0 Å². The van der Waals surface area contributed by atoms with E-state index in [1.807, 2.05) is 0 Å². The first-order valence-electron chi connectivity index (χ1n) is 14.8. The molecule has 0 spiro atoms. The molecule has 0 atom stereocenters. The van der Waals surface area contributed by atoms with Gasteiger partial charge in [0.05, 0.1) is 10.1 Å². The fraction of sp³-hybridized carbons (Fsp3) is 0.929. The van der Waals surface area contributed by atoms with Crippen LogP contribution in [0.3, 0.4) is 0 Å². The number of allylic oxidation sites excluding steroid dienone is 1. The average Bonchev–Trinajstić information content (AvgIpc) is 2.82. The number of hydrogen-bond acceptors (Lipinski definition) is 7. The normalized spacial score (nSPS) is 11.5. The largest absolute Gasteiger partial charge is 1.00 e. The van der Waals surface area contributed by atoms with Gasteiger partial charge in [0, 0.05) is 17.8 Å². The van der Waals surface area contributed by atoms with Gasteiger partial charge in [0.1, 0.15) is 10.1 Å². The van der Waals surface area contributed by atoms with Gasteiger partial charge in [-0.25, -0.2) is 16.8 Å². The van der Waals surface area contributed by atoms with Gasteiger partial charge in [-0.05, 0) is 25.7 Å². The fourth-order valence-corrected chi connectivity index (χ4v) is 5.02. The van der Waals surface area contributed by atoms with Gasteiger partial charge in [-0.1, -0.05) is 135 Å². The SMILES string of the molecule is CCCCCCCCCCCCC=CS(=O)(=O)[O-].O=S(=O)([O-])CCCCCCCCCCCCCCO.[Na+].[Na+]. The van der Waals surface area contributed by atoms with Crippen LogP contribution in [0.4, 0.5) is 0 Å². The molecule has 11 heteroatoms. The maximum atomic E-state index is 10.4. The Morgan fingerprint density at radius 2 is 0.872 bits per heavy atom. The van der Waals surface area contributed by atoms with Crippen molar-refractivity contribution in [1.29, 1.82) is 0 Å². The van der Waals surface area contributed by atoms with Gasteiger partial charge in [0.15, 0.2) is 0 Å². The molecule has 0 radical (unpaired) electrons. The molecule has 0 aromatic rings. The summed E-state index contributed by atoms with van der Waals surface area (Å²) in [5.41, 5.74) is 0. The van der Waals surface area contributed by atoms with Crippen molar-refractivity contribution in [3.8, 4) is 0 Å². The minimum Gasteiger partial charge on any atom is -0.748 e. The van der Waals surface area contributed by atoms with E-state index in [0.717, 1.165) is 50.4 Å². The quantitative estimate of drug-likeness (QED) is 0.0888. The van der Waals surface area contributed by atoms with Crippen molar-refractivity contribution in [1.82, 2.24) is 0 Å². The minimum atomic E-state index is -4.17. The Bertz CT molecular complexity index is 701. The van der Waals surface area contributed by atoms with Crippen LogP contribution in [0.15, 0.2) is 11.5 Å². The van der Waals surface area contributed by atoms with Crippen LogP contribution in [0, 0.1) is 0 Å². The standard InChI is InChI=1S/C14H30O4S.C14H28O3S.2Na/c15-13-11-9-7-5-3-1-2-4-6-8-10-12-14-19(16,17)18;1-2-3-4-5-6-7-8-9-10-11-12-13-14-18(15,16)17;;/h15H,1-14H2,(H,16,17,18);13-14H,2-12H2,1H3,(H,15,16,17);;/q;;2*+1/p-2. The van der Waals surface area contributed by atoms with E-state index in [1.54, 1.807) is 0 Å². The molecule has 0 aliphatic heterocycles. The summed E-state index contributed by atoms with van der Waals surface area (Å²) in [6, 6.07) is 0. The van der Waals surface area contributed by atoms with Crippen LogP contribution in [0.2, 0.25) is 0 Å². The third-order valence-corrected chi connectivity index (χ3v) is 7.60. The average molecular weight is 615 g/mol. The van der Waals surface area contributed by atoms with Crippen LogP contribution in [0.1, 0.15) is 155 Å². The Morgan fingerprint density at radius 3 is 1.21 bits per heavy atom. The second-order valence-electron chi connectivity index (χ2n) is 10.1. The number of unbranched alkanes of at least 4 members (excludes halogenated alkanes) is 21. The maximum Gasteiger partial charge on any atom is 1.00 e.